The fraction of sp³-hybridized carbons (Fsp3) is 0.538. The molecule has 2 rings (SSSR count). The third kappa shape index (κ3) is 2.50. The maximum absolute atomic E-state index is 6.39. The molecule has 0 aliphatic carbocycles. The van der Waals surface area contributed by atoms with E-state index in [0.717, 1.165) is 30.8 Å². The summed E-state index contributed by atoms with van der Waals surface area (Å²) in [5.74, 6) is 1.97. The van der Waals surface area contributed by atoms with Crippen LogP contribution in [0.4, 0.5) is 0 Å². The summed E-state index contributed by atoms with van der Waals surface area (Å²) in [7, 11) is 3.31. The van der Waals surface area contributed by atoms with Crippen molar-refractivity contribution >= 4 is 11.6 Å². The molecule has 3 nitrogen and oxygen atoms in total. The van der Waals surface area contributed by atoms with E-state index in [2.05, 4.69) is 5.32 Å². The molecule has 1 aromatic carbocycles. The van der Waals surface area contributed by atoms with Gasteiger partial charge in [-0.3, -0.25) is 0 Å². The van der Waals surface area contributed by atoms with E-state index in [1.807, 2.05) is 12.1 Å². The molecular formula is C13H18ClNO2. The maximum atomic E-state index is 6.39. The SMILES string of the molecule is COc1ccc(OC)c(C2CCCNC2)c1Cl. The molecule has 1 fully saturated rings. The number of halogens is 1. The second-order valence-electron chi connectivity index (χ2n) is 4.24. The molecule has 1 aliphatic rings. The minimum atomic E-state index is 0.404. The molecule has 1 N–H and O–H groups in total. The summed E-state index contributed by atoms with van der Waals surface area (Å²) in [4.78, 5) is 0. The van der Waals surface area contributed by atoms with E-state index in [-0.39, 0.29) is 0 Å². The van der Waals surface area contributed by atoms with Gasteiger partial charge in [-0.2, -0.15) is 0 Å². The maximum Gasteiger partial charge on any atom is 0.138 e. The van der Waals surface area contributed by atoms with Gasteiger partial charge in [0.1, 0.15) is 11.5 Å². The molecule has 94 valence electrons. The molecule has 0 spiro atoms. The van der Waals surface area contributed by atoms with Gasteiger partial charge in [0.2, 0.25) is 0 Å². The zero-order valence-corrected chi connectivity index (χ0v) is 11.0. The Morgan fingerprint density at radius 3 is 2.53 bits per heavy atom. The topological polar surface area (TPSA) is 30.5 Å². The average Bonchev–Trinajstić information content (AvgIpc) is 2.39. The summed E-state index contributed by atoms with van der Waals surface area (Å²) < 4.78 is 10.7. The molecule has 4 heteroatoms. The van der Waals surface area contributed by atoms with Gasteiger partial charge in [0.15, 0.2) is 0 Å². The van der Waals surface area contributed by atoms with Crippen molar-refractivity contribution in [2.45, 2.75) is 18.8 Å². The molecule has 0 saturated carbocycles. The van der Waals surface area contributed by atoms with Gasteiger partial charge in [0.05, 0.1) is 19.2 Å². The molecular weight excluding hydrogens is 238 g/mol. The molecule has 1 saturated heterocycles. The minimum absolute atomic E-state index is 0.404. The van der Waals surface area contributed by atoms with Gasteiger partial charge in [-0.25, -0.2) is 0 Å². The zero-order chi connectivity index (χ0) is 12.3. The first kappa shape index (κ1) is 12.5. The zero-order valence-electron chi connectivity index (χ0n) is 10.3. The Labute approximate surface area is 107 Å². The van der Waals surface area contributed by atoms with E-state index < -0.39 is 0 Å². The number of piperidine rings is 1. The molecule has 1 unspecified atom stereocenters. The first-order valence-corrected chi connectivity index (χ1v) is 6.26. The Morgan fingerprint density at radius 1 is 1.24 bits per heavy atom. The van der Waals surface area contributed by atoms with Crippen LogP contribution in [0.5, 0.6) is 11.5 Å². The Hall–Kier alpha value is -0.930. The highest BCUT2D eigenvalue weighted by Gasteiger charge is 2.23. The molecule has 0 amide bonds. The monoisotopic (exact) mass is 255 g/mol. The van der Waals surface area contributed by atoms with Gasteiger partial charge >= 0.3 is 0 Å². The molecule has 1 aliphatic heterocycles. The lowest BCUT2D eigenvalue weighted by molar-refractivity contribution is 0.384. The number of rotatable bonds is 3. The number of methoxy groups -OCH3 is 2. The summed E-state index contributed by atoms with van der Waals surface area (Å²) in [5, 5.41) is 4.08. The Bertz CT molecular complexity index is 389. The predicted octanol–water partition coefficient (Wildman–Crippen LogP) is 2.82. The highest BCUT2D eigenvalue weighted by molar-refractivity contribution is 6.33. The highest BCUT2D eigenvalue weighted by atomic mass is 35.5. The number of ether oxygens (including phenoxy) is 2. The van der Waals surface area contributed by atoms with Crippen molar-refractivity contribution in [3.8, 4) is 11.5 Å². The third-order valence-corrected chi connectivity index (χ3v) is 3.64. The van der Waals surface area contributed by atoms with E-state index in [9.17, 15) is 0 Å². The Morgan fingerprint density at radius 2 is 1.94 bits per heavy atom. The first-order valence-electron chi connectivity index (χ1n) is 5.89. The van der Waals surface area contributed by atoms with Crippen LogP contribution in [0.1, 0.15) is 24.3 Å². The van der Waals surface area contributed by atoms with Crippen molar-refractivity contribution in [2.75, 3.05) is 27.3 Å². The molecule has 1 heterocycles. The normalized spacial score (nSPS) is 20.1. The van der Waals surface area contributed by atoms with E-state index in [1.54, 1.807) is 14.2 Å². The lowest BCUT2D eigenvalue weighted by Gasteiger charge is -2.26. The second kappa shape index (κ2) is 5.61. The van der Waals surface area contributed by atoms with Crippen molar-refractivity contribution < 1.29 is 9.47 Å². The minimum Gasteiger partial charge on any atom is -0.496 e. The number of hydrogen-bond donors (Lipinski definition) is 1. The van der Waals surface area contributed by atoms with Gasteiger partial charge in [0, 0.05) is 18.0 Å². The van der Waals surface area contributed by atoms with Gasteiger partial charge in [0.25, 0.3) is 0 Å². The Kier molecular flexibility index (Phi) is 4.13. The number of benzene rings is 1. The van der Waals surface area contributed by atoms with Crippen molar-refractivity contribution in [2.24, 2.45) is 0 Å². The molecule has 0 radical (unpaired) electrons. The summed E-state index contributed by atoms with van der Waals surface area (Å²) in [6.45, 7) is 2.03. The summed E-state index contributed by atoms with van der Waals surface area (Å²) in [6.07, 6.45) is 2.30. The van der Waals surface area contributed by atoms with Crippen molar-refractivity contribution in [3.63, 3.8) is 0 Å². The standard InChI is InChI=1S/C13H18ClNO2/c1-16-10-5-6-11(17-2)13(14)12(10)9-4-3-7-15-8-9/h5-6,9,15H,3-4,7-8H2,1-2H3. The van der Waals surface area contributed by atoms with Gasteiger partial charge < -0.3 is 14.8 Å². The van der Waals surface area contributed by atoms with Crippen molar-refractivity contribution in [1.82, 2.24) is 5.32 Å². The van der Waals surface area contributed by atoms with E-state index in [0.29, 0.717) is 16.7 Å². The average molecular weight is 256 g/mol. The molecule has 17 heavy (non-hydrogen) atoms. The van der Waals surface area contributed by atoms with Crippen LogP contribution in [0, 0.1) is 0 Å². The van der Waals surface area contributed by atoms with Crippen molar-refractivity contribution in [1.29, 1.82) is 0 Å². The van der Waals surface area contributed by atoms with E-state index in [1.165, 1.54) is 6.42 Å². The second-order valence-corrected chi connectivity index (χ2v) is 4.62. The molecule has 1 atom stereocenters. The van der Waals surface area contributed by atoms with E-state index in [4.69, 9.17) is 21.1 Å². The predicted molar refractivity (Wildman–Crippen MR) is 69.4 cm³/mol. The quantitative estimate of drug-likeness (QED) is 0.901. The fourth-order valence-electron chi connectivity index (χ4n) is 2.37. The van der Waals surface area contributed by atoms with Crippen LogP contribution in [-0.2, 0) is 0 Å². The van der Waals surface area contributed by atoms with Crippen molar-refractivity contribution in [3.05, 3.63) is 22.7 Å². The summed E-state index contributed by atoms with van der Waals surface area (Å²) in [5.41, 5.74) is 1.07. The van der Waals surface area contributed by atoms with Gasteiger partial charge in [-0.05, 0) is 31.5 Å². The van der Waals surface area contributed by atoms with E-state index >= 15 is 0 Å². The largest absolute Gasteiger partial charge is 0.496 e. The fourth-order valence-corrected chi connectivity index (χ4v) is 2.76. The number of nitrogens with one attached hydrogen (secondary N) is 1. The smallest absolute Gasteiger partial charge is 0.138 e. The number of hydrogen-bond acceptors (Lipinski definition) is 3. The van der Waals surface area contributed by atoms with Crippen LogP contribution in [0.15, 0.2) is 12.1 Å². The van der Waals surface area contributed by atoms with Crippen LogP contribution in [0.3, 0.4) is 0 Å². The lowest BCUT2D eigenvalue weighted by atomic mass is 9.90. The third-order valence-electron chi connectivity index (χ3n) is 3.25. The van der Waals surface area contributed by atoms with Crippen LogP contribution < -0.4 is 14.8 Å². The highest BCUT2D eigenvalue weighted by Crippen LogP contribution is 2.41. The van der Waals surface area contributed by atoms with Crippen LogP contribution in [0.2, 0.25) is 5.02 Å². The van der Waals surface area contributed by atoms with Gasteiger partial charge in [-0.1, -0.05) is 11.6 Å². The molecule has 1 aromatic rings. The van der Waals surface area contributed by atoms with Crippen LogP contribution in [-0.4, -0.2) is 27.3 Å². The molecule has 0 bridgehead atoms. The first-order chi connectivity index (χ1) is 8.27. The Balaban J connectivity index is 2.40. The van der Waals surface area contributed by atoms with Crippen LogP contribution in [0.25, 0.3) is 0 Å². The summed E-state index contributed by atoms with van der Waals surface area (Å²) in [6, 6.07) is 3.77. The summed E-state index contributed by atoms with van der Waals surface area (Å²) >= 11 is 6.39. The van der Waals surface area contributed by atoms with Gasteiger partial charge in [-0.15, -0.1) is 0 Å². The molecule has 0 aromatic heterocycles. The van der Waals surface area contributed by atoms with Crippen LogP contribution >= 0.6 is 11.6 Å². The lowest BCUT2D eigenvalue weighted by Crippen LogP contribution is -2.28.